The minimum absolute atomic E-state index is 0.114. The zero-order valence-corrected chi connectivity index (χ0v) is 24.6. The third-order valence-corrected chi connectivity index (χ3v) is 7.11. The van der Waals surface area contributed by atoms with Gasteiger partial charge in [0.1, 0.15) is 23.2 Å². The van der Waals surface area contributed by atoms with Crippen LogP contribution in [0.4, 0.5) is 43.9 Å². The van der Waals surface area contributed by atoms with Gasteiger partial charge in [-0.1, -0.05) is 36.4 Å². The van der Waals surface area contributed by atoms with E-state index in [-0.39, 0.29) is 17.2 Å². The lowest BCUT2D eigenvalue weighted by molar-refractivity contribution is -0.253. The van der Waals surface area contributed by atoms with Crippen LogP contribution >= 0.6 is 0 Å². The van der Waals surface area contributed by atoms with Gasteiger partial charge in [0.2, 0.25) is 5.91 Å². The van der Waals surface area contributed by atoms with Gasteiger partial charge < -0.3 is 15.4 Å². The predicted molar refractivity (Wildman–Crippen MR) is 152 cm³/mol. The standard InChI is InChI=1S/C33H24F10N2O3/c1-18(46)44-17-21-11-22(8-10-27(21)35)31(16-19-5-3-2-4-6-19,23-13-24(34)15-25(14-23)48-33(42,43)30(37)38)45-29(47)20-7-9-28(36)26(12-20)32(39,40)41/h2-15,30H,16-17H2,1H3,(H,44,46)(H,45,47). The molecule has 0 radical (unpaired) electrons. The first kappa shape index (κ1) is 35.8. The fourth-order valence-corrected chi connectivity index (χ4v) is 4.88. The summed E-state index contributed by atoms with van der Waals surface area (Å²) >= 11 is 0. The molecule has 0 aliphatic rings. The van der Waals surface area contributed by atoms with Crippen molar-refractivity contribution in [2.45, 2.75) is 44.1 Å². The molecule has 0 heterocycles. The van der Waals surface area contributed by atoms with Crippen LogP contribution in [0.15, 0.2) is 84.9 Å². The molecule has 4 rings (SSSR count). The second-order valence-electron chi connectivity index (χ2n) is 10.6. The van der Waals surface area contributed by atoms with Crippen LogP contribution in [-0.4, -0.2) is 24.3 Å². The van der Waals surface area contributed by atoms with Crippen molar-refractivity contribution < 1.29 is 58.2 Å². The molecule has 254 valence electrons. The van der Waals surface area contributed by atoms with Gasteiger partial charge in [0.05, 0.1) is 11.1 Å². The largest absolute Gasteiger partial charge is 0.461 e. The summed E-state index contributed by atoms with van der Waals surface area (Å²) < 4.78 is 143. The first-order chi connectivity index (χ1) is 22.4. The van der Waals surface area contributed by atoms with Crippen LogP contribution in [0, 0.1) is 17.5 Å². The van der Waals surface area contributed by atoms with E-state index in [1.165, 1.54) is 12.1 Å². The molecule has 48 heavy (non-hydrogen) atoms. The van der Waals surface area contributed by atoms with Crippen LogP contribution in [-0.2, 0) is 29.5 Å². The van der Waals surface area contributed by atoms with E-state index in [9.17, 15) is 49.1 Å². The zero-order valence-electron chi connectivity index (χ0n) is 24.6. The van der Waals surface area contributed by atoms with E-state index in [0.717, 1.165) is 37.3 Å². The maximum Gasteiger partial charge on any atom is 0.461 e. The molecule has 0 bridgehead atoms. The molecular formula is C33H24F10N2O3. The minimum atomic E-state index is -5.22. The number of hydrogen-bond acceptors (Lipinski definition) is 3. The number of ether oxygens (including phenoxy) is 1. The minimum Gasteiger partial charge on any atom is -0.428 e. The van der Waals surface area contributed by atoms with E-state index in [2.05, 4.69) is 15.4 Å². The third kappa shape index (κ3) is 8.25. The van der Waals surface area contributed by atoms with Crippen LogP contribution in [0.5, 0.6) is 5.75 Å². The Kier molecular flexibility index (Phi) is 10.4. The van der Waals surface area contributed by atoms with Gasteiger partial charge in [-0.2, -0.15) is 30.7 Å². The van der Waals surface area contributed by atoms with E-state index in [4.69, 9.17) is 0 Å². The lowest BCUT2D eigenvalue weighted by Crippen LogP contribution is -2.49. The van der Waals surface area contributed by atoms with Gasteiger partial charge in [-0.05, 0) is 59.2 Å². The predicted octanol–water partition coefficient (Wildman–Crippen LogP) is 7.91. The van der Waals surface area contributed by atoms with Crippen molar-refractivity contribution in [3.8, 4) is 5.75 Å². The van der Waals surface area contributed by atoms with E-state index in [1.807, 2.05) is 0 Å². The lowest BCUT2D eigenvalue weighted by atomic mass is 9.77. The van der Waals surface area contributed by atoms with Gasteiger partial charge in [-0.15, -0.1) is 0 Å². The number of carbonyl (C=O) groups excluding carboxylic acids is 2. The first-order valence-corrected chi connectivity index (χ1v) is 13.8. The summed E-state index contributed by atoms with van der Waals surface area (Å²) in [5.74, 6) is -6.87. The van der Waals surface area contributed by atoms with Crippen molar-refractivity contribution in [1.29, 1.82) is 0 Å². The number of amides is 2. The molecule has 0 saturated heterocycles. The van der Waals surface area contributed by atoms with Gasteiger partial charge in [0, 0.05) is 37.1 Å². The number of rotatable bonds is 11. The molecule has 4 aromatic rings. The van der Waals surface area contributed by atoms with Crippen molar-refractivity contribution in [2.24, 2.45) is 0 Å². The SMILES string of the molecule is CC(=O)NCc1cc(C(Cc2ccccc2)(NC(=O)c2ccc(F)c(C(F)(F)F)c2)c2cc(F)cc(OC(F)(F)C(F)F)c2)ccc1F. The Morgan fingerprint density at radius 3 is 2.08 bits per heavy atom. The third-order valence-electron chi connectivity index (χ3n) is 7.11. The number of benzene rings is 4. The van der Waals surface area contributed by atoms with Crippen LogP contribution < -0.4 is 15.4 Å². The molecule has 2 amide bonds. The van der Waals surface area contributed by atoms with E-state index < -0.39 is 88.9 Å². The number of alkyl halides is 7. The summed E-state index contributed by atoms with van der Waals surface area (Å²) in [5, 5.41) is 4.86. The topological polar surface area (TPSA) is 67.4 Å². The van der Waals surface area contributed by atoms with Crippen LogP contribution in [0.25, 0.3) is 0 Å². The summed E-state index contributed by atoms with van der Waals surface area (Å²) in [7, 11) is 0. The van der Waals surface area contributed by atoms with Gasteiger partial charge >= 0.3 is 18.7 Å². The highest BCUT2D eigenvalue weighted by Crippen LogP contribution is 2.39. The average Bonchev–Trinajstić information content (AvgIpc) is 2.99. The summed E-state index contributed by atoms with van der Waals surface area (Å²) in [5.41, 5.74) is -5.13. The van der Waals surface area contributed by atoms with Crippen LogP contribution in [0.1, 0.15) is 45.1 Å². The number of nitrogens with one attached hydrogen (secondary N) is 2. The number of carbonyl (C=O) groups is 2. The van der Waals surface area contributed by atoms with Gasteiger partial charge in [0.15, 0.2) is 0 Å². The van der Waals surface area contributed by atoms with Gasteiger partial charge in [-0.25, -0.2) is 13.2 Å². The second kappa shape index (κ2) is 14.0. The van der Waals surface area contributed by atoms with Crippen LogP contribution in [0.2, 0.25) is 0 Å². The Bertz CT molecular complexity index is 1800. The van der Waals surface area contributed by atoms with Crippen molar-refractivity contribution in [3.05, 3.63) is 136 Å². The smallest absolute Gasteiger partial charge is 0.428 e. The Morgan fingerprint density at radius 1 is 0.792 bits per heavy atom. The first-order valence-electron chi connectivity index (χ1n) is 13.8. The zero-order chi connectivity index (χ0) is 35.4. The molecule has 2 N–H and O–H groups in total. The highest BCUT2D eigenvalue weighted by Gasteiger charge is 2.45. The lowest BCUT2D eigenvalue weighted by Gasteiger charge is -2.37. The molecule has 0 aromatic heterocycles. The van der Waals surface area contributed by atoms with E-state index in [0.29, 0.717) is 23.8 Å². The maximum absolute atomic E-state index is 15.1. The van der Waals surface area contributed by atoms with Crippen molar-refractivity contribution >= 4 is 11.8 Å². The molecule has 0 saturated carbocycles. The Morgan fingerprint density at radius 2 is 1.46 bits per heavy atom. The van der Waals surface area contributed by atoms with E-state index >= 15 is 4.39 Å². The molecule has 5 nitrogen and oxygen atoms in total. The fraction of sp³-hybridized carbons (Fsp3) is 0.212. The number of hydrogen-bond donors (Lipinski definition) is 2. The molecule has 0 fully saturated rings. The summed E-state index contributed by atoms with van der Waals surface area (Å²) in [6, 6.07) is 14.0. The number of halogens is 10. The molecule has 15 heteroatoms. The maximum atomic E-state index is 15.1. The normalized spacial score (nSPS) is 13.2. The Hall–Kier alpha value is -5.08. The molecule has 1 atom stereocenters. The van der Waals surface area contributed by atoms with Crippen molar-refractivity contribution in [3.63, 3.8) is 0 Å². The molecule has 0 aliphatic carbocycles. The van der Waals surface area contributed by atoms with Crippen LogP contribution in [0.3, 0.4) is 0 Å². The molecule has 1 unspecified atom stereocenters. The average molecular weight is 687 g/mol. The summed E-state index contributed by atoms with van der Waals surface area (Å²) in [6.45, 7) is 0.735. The molecule has 0 aliphatic heterocycles. The highest BCUT2D eigenvalue weighted by atomic mass is 19.4. The summed E-state index contributed by atoms with van der Waals surface area (Å²) in [4.78, 5) is 25.3. The summed E-state index contributed by atoms with van der Waals surface area (Å²) in [6.07, 6.45) is -15.1. The van der Waals surface area contributed by atoms with Gasteiger partial charge in [0.25, 0.3) is 5.91 Å². The molecular weight excluding hydrogens is 662 g/mol. The van der Waals surface area contributed by atoms with Crippen molar-refractivity contribution in [1.82, 2.24) is 10.6 Å². The van der Waals surface area contributed by atoms with E-state index in [1.54, 1.807) is 18.2 Å². The quantitative estimate of drug-likeness (QED) is 0.158. The monoisotopic (exact) mass is 686 g/mol. The Balaban J connectivity index is 2.02. The second-order valence-corrected chi connectivity index (χ2v) is 10.6. The fourth-order valence-electron chi connectivity index (χ4n) is 4.88. The van der Waals surface area contributed by atoms with Crippen molar-refractivity contribution in [2.75, 3.05) is 0 Å². The van der Waals surface area contributed by atoms with Gasteiger partial charge in [-0.3, -0.25) is 9.59 Å². The Labute approximate surface area is 266 Å². The molecule has 0 spiro atoms. The highest BCUT2D eigenvalue weighted by molar-refractivity contribution is 5.95. The molecule has 4 aromatic carbocycles.